The van der Waals surface area contributed by atoms with E-state index in [1.165, 1.54) is 23.4 Å². The minimum Gasteiger partial charge on any atom is -0.495 e. The molecule has 0 unspecified atom stereocenters. The van der Waals surface area contributed by atoms with Crippen molar-refractivity contribution >= 4 is 28.2 Å². The summed E-state index contributed by atoms with van der Waals surface area (Å²) in [5.74, 6) is 0.710. The second kappa shape index (κ2) is 8.21. The third-order valence-corrected chi connectivity index (χ3v) is 6.13. The van der Waals surface area contributed by atoms with Crippen molar-refractivity contribution in [3.8, 4) is 5.75 Å². The normalized spacial score (nSPS) is 18.0. The fourth-order valence-corrected chi connectivity index (χ4v) is 4.55. The summed E-state index contributed by atoms with van der Waals surface area (Å²) in [7, 11) is 3.43. The molecule has 1 aromatic carbocycles. The number of methoxy groups -OCH3 is 2. The summed E-state index contributed by atoms with van der Waals surface area (Å²) in [4.78, 5) is 7.38. The highest BCUT2D eigenvalue weighted by Gasteiger charge is 2.24. The van der Waals surface area contributed by atoms with E-state index in [-0.39, 0.29) is 0 Å². The third kappa shape index (κ3) is 3.86. The van der Waals surface area contributed by atoms with E-state index in [0.717, 1.165) is 62.8 Å². The minimum atomic E-state index is 0.487. The number of ether oxygens (including phenoxy) is 2. The number of anilines is 1. The number of aromatic nitrogens is 1. The highest BCUT2D eigenvalue weighted by molar-refractivity contribution is 6.33. The van der Waals surface area contributed by atoms with Crippen LogP contribution in [0.1, 0.15) is 30.5 Å². The van der Waals surface area contributed by atoms with Gasteiger partial charge in [-0.2, -0.15) is 0 Å². The number of nitrogens with one attached hydrogen (secondary N) is 1. The summed E-state index contributed by atoms with van der Waals surface area (Å²) in [6, 6.07) is 4.47. The van der Waals surface area contributed by atoms with Crippen molar-refractivity contribution in [3.63, 3.8) is 0 Å². The molecule has 4 rings (SSSR count). The fourth-order valence-electron chi connectivity index (χ4n) is 4.31. The molecule has 1 aliphatic carbocycles. The van der Waals surface area contributed by atoms with Gasteiger partial charge in [-0.25, -0.2) is 0 Å². The molecule has 2 aromatic rings. The van der Waals surface area contributed by atoms with Crippen molar-refractivity contribution < 1.29 is 9.47 Å². The number of hydrogen-bond acceptors (Lipinski definition) is 5. The second-order valence-corrected chi connectivity index (χ2v) is 7.93. The van der Waals surface area contributed by atoms with Crippen LogP contribution in [-0.2, 0) is 17.6 Å². The minimum absolute atomic E-state index is 0.487. The molecule has 1 saturated heterocycles. The lowest BCUT2D eigenvalue weighted by molar-refractivity contribution is 0.132. The van der Waals surface area contributed by atoms with E-state index < -0.39 is 0 Å². The van der Waals surface area contributed by atoms with Gasteiger partial charge in [0, 0.05) is 49.6 Å². The Morgan fingerprint density at radius 3 is 2.78 bits per heavy atom. The van der Waals surface area contributed by atoms with Gasteiger partial charge in [0.1, 0.15) is 5.75 Å². The van der Waals surface area contributed by atoms with Gasteiger partial charge in [0.15, 0.2) is 0 Å². The SMILES string of the molecule is COCCN1CCC(Nc2c3c(nc4cc(Cl)c(OC)cc24)CCC3)CC1. The molecule has 1 aromatic heterocycles. The monoisotopic (exact) mass is 389 g/mol. The van der Waals surface area contributed by atoms with E-state index in [2.05, 4.69) is 10.2 Å². The number of fused-ring (bicyclic) bond motifs is 2. The van der Waals surface area contributed by atoms with Crippen LogP contribution in [-0.4, -0.2) is 56.4 Å². The van der Waals surface area contributed by atoms with Crippen molar-refractivity contribution in [2.45, 2.75) is 38.1 Å². The molecule has 0 radical (unpaired) electrons. The Hall–Kier alpha value is -1.56. The average Bonchev–Trinajstić information content (AvgIpc) is 3.15. The number of benzene rings is 1. The van der Waals surface area contributed by atoms with Crippen LogP contribution < -0.4 is 10.1 Å². The smallest absolute Gasteiger partial charge is 0.138 e. The Kier molecular flexibility index (Phi) is 5.71. The number of rotatable bonds is 6. The van der Waals surface area contributed by atoms with Crippen molar-refractivity contribution in [2.24, 2.45) is 0 Å². The largest absolute Gasteiger partial charge is 0.495 e. The van der Waals surface area contributed by atoms with Crippen LogP contribution in [0.5, 0.6) is 5.75 Å². The molecule has 1 fully saturated rings. The van der Waals surface area contributed by atoms with Gasteiger partial charge in [-0.15, -0.1) is 0 Å². The third-order valence-electron chi connectivity index (χ3n) is 5.83. The zero-order valence-electron chi connectivity index (χ0n) is 16.2. The van der Waals surface area contributed by atoms with Gasteiger partial charge in [0.25, 0.3) is 0 Å². The van der Waals surface area contributed by atoms with Gasteiger partial charge in [0.2, 0.25) is 0 Å². The average molecular weight is 390 g/mol. The Labute approximate surface area is 166 Å². The van der Waals surface area contributed by atoms with Crippen LogP contribution in [0.25, 0.3) is 10.9 Å². The summed E-state index contributed by atoms with van der Waals surface area (Å²) in [5, 5.41) is 5.62. The molecular weight excluding hydrogens is 362 g/mol. The van der Waals surface area contributed by atoms with Crippen LogP contribution >= 0.6 is 11.6 Å². The maximum absolute atomic E-state index is 6.36. The Balaban J connectivity index is 1.61. The summed E-state index contributed by atoms with van der Waals surface area (Å²) in [6.07, 6.45) is 5.62. The van der Waals surface area contributed by atoms with E-state index in [4.69, 9.17) is 26.1 Å². The number of piperidine rings is 1. The van der Waals surface area contributed by atoms with E-state index in [9.17, 15) is 0 Å². The molecule has 2 heterocycles. The zero-order valence-corrected chi connectivity index (χ0v) is 16.9. The fraction of sp³-hybridized carbons (Fsp3) is 0.571. The molecule has 0 bridgehead atoms. The lowest BCUT2D eigenvalue weighted by Gasteiger charge is -2.33. The van der Waals surface area contributed by atoms with Crippen LogP contribution in [0.3, 0.4) is 0 Å². The number of halogens is 1. The second-order valence-electron chi connectivity index (χ2n) is 7.52. The number of pyridine rings is 1. The van der Waals surface area contributed by atoms with Crippen LogP contribution in [0.4, 0.5) is 5.69 Å². The van der Waals surface area contributed by atoms with Gasteiger partial charge < -0.3 is 19.7 Å². The zero-order chi connectivity index (χ0) is 18.8. The van der Waals surface area contributed by atoms with E-state index in [1.807, 2.05) is 12.1 Å². The number of aryl methyl sites for hydroxylation is 1. The Morgan fingerprint density at radius 1 is 1.22 bits per heavy atom. The lowest BCUT2D eigenvalue weighted by Crippen LogP contribution is -2.40. The van der Waals surface area contributed by atoms with Gasteiger partial charge in [-0.3, -0.25) is 4.98 Å². The quantitative estimate of drug-likeness (QED) is 0.811. The molecule has 6 heteroatoms. The molecule has 0 spiro atoms. The highest BCUT2D eigenvalue weighted by Crippen LogP contribution is 2.39. The van der Waals surface area contributed by atoms with Crippen molar-refractivity contribution in [1.82, 2.24) is 9.88 Å². The van der Waals surface area contributed by atoms with Gasteiger partial charge in [-0.1, -0.05) is 11.6 Å². The van der Waals surface area contributed by atoms with Gasteiger partial charge in [-0.05, 0) is 49.8 Å². The molecule has 5 nitrogen and oxygen atoms in total. The van der Waals surface area contributed by atoms with Crippen molar-refractivity contribution in [1.29, 1.82) is 0 Å². The lowest BCUT2D eigenvalue weighted by atomic mass is 10.0. The number of likely N-dealkylation sites (tertiary alicyclic amines) is 1. The Morgan fingerprint density at radius 2 is 2.04 bits per heavy atom. The molecule has 0 atom stereocenters. The topological polar surface area (TPSA) is 46.6 Å². The first-order valence-corrected chi connectivity index (χ1v) is 10.2. The molecule has 2 aliphatic rings. The molecule has 0 saturated carbocycles. The van der Waals surface area contributed by atoms with Crippen LogP contribution in [0, 0.1) is 0 Å². The molecule has 0 amide bonds. The molecule has 1 N–H and O–H groups in total. The molecule has 146 valence electrons. The van der Waals surface area contributed by atoms with Crippen molar-refractivity contribution in [2.75, 3.05) is 45.8 Å². The van der Waals surface area contributed by atoms with Crippen LogP contribution in [0.2, 0.25) is 5.02 Å². The standard InChI is InChI=1S/C21H28ClN3O2/c1-26-11-10-25-8-6-14(7-9-25)23-21-15-4-3-5-18(15)24-19-13-17(22)20(27-2)12-16(19)21/h12-14H,3-11H2,1-2H3,(H,23,24). The maximum Gasteiger partial charge on any atom is 0.138 e. The van der Waals surface area contributed by atoms with E-state index in [1.54, 1.807) is 14.2 Å². The first kappa shape index (κ1) is 18.8. The van der Waals surface area contributed by atoms with Gasteiger partial charge >= 0.3 is 0 Å². The van der Waals surface area contributed by atoms with Crippen LogP contribution in [0.15, 0.2) is 12.1 Å². The first-order chi connectivity index (χ1) is 13.2. The van der Waals surface area contributed by atoms with Gasteiger partial charge in [0.05, 0.1) is 24.3 Å². The summed E-state index contributed by atoms with van der Waals surface area (Å²) < 4.78 is 10.7. The molecule has 27 heavy (non-hydrogen) atoms. The number of nitrogens with zero attached hydrogens (tertiary/aromatic N) is 2. The summed E-state index contributed by atoms with van der Waals surface area (Å²) in [6.45, 7) is 4.05. The molecular formula is C21H28ClN3O2. The summed E-state index contributed by atoms with van der Waals surface area (Å²) in [5.41, 5.74) is 4.82. The first-order valence-electron chi connectivity index (χ1n) is 9.86. The predicted molar refractivity (Wildman–Crippen MR) is 110 cm³/mol. The van der Waals surface area contributed by atoms with E-state index in [0.29, 0.717) is 16.8 Å². The predicted octanol–water partition coefficient (Wildman–Crippen LogP) is 3.91. The molecule has 1 aliphatic heterocycles. The van der Waals surface area contributed by atoms with Crippen molar-refractivity contribution in [3.05, 3.63) is 28.4 Å². The highest BCUT2D eigenvalue weighted by atomic mass is 35.5. The summed E-state index contributed by atoms with van der Waals surface area (Å²) >= 11 is 6.36. The Bertz CT molecular complexity index is 819. The van der Waals surface area contributed by atoms with E-state index >= 15 is 0 Å². The number of hydrogen-bond donors (Lipinski definition) is 1. The maximum atomic E-state index is 6.36.